The summed E-state index contributed by atoms with van der Waals surface area (Å²) in [5, 5.41) is 12.9. The molecule has 1 aliphatic heterocycles. The summed E-state index contributed by atoms with van der Waals surface area (Å²) in [7, 11) is 0. The molecule has 184 valence electrons. The summed E-state index contributed by atoms with van der Waals surface area (Å²) < 4.78 is 16.2. The fraction of sp³-hybridized carbons (Fsp3) is 0.276. The number of rotatable bonds is 7. The van der Waals surface area contributed by atoms with E-state index in [1.165, 1.54) is 11.6 Å². The normalized spacial score (nSPS) is 16.0. The van der Waals surface area contributed by atoms with Crippen LogP contribution >= 0.6 is 0 Å². The molecule has 0 bridgehead atoms. The molecule has 5 rings (SSSR count). The monoisotopic (exact) mass is 482 g/mol. The van der Waals surface area contributed by atoms with Crippen LogP contribution in [0.1, 0.15) is 34.1 Å². The van der Waals surface area contributed by atoms with Gasteiger partial charge in [-0.25, -0.2) is 4.39 Å². The number of tetrazole rings is 1. The van der Waals surface area contributed by atoms with Crippen molar-refractivity contribution in [2.24, 2.45) is 0 Å². The minimum absolute atomic E-state index is 0.253. The van der Waals surface area contributed by atoms with Gasteiger partial charge in [-0.05, 0) is 58.7 Å². The Kier molecular flexibility index (Phi) is 7.30. The summed E-state index contributed by atoms with van der Waals surface area (Å²) in [5.74, 6) is 0.448. The second kappa shape index (κ2) is 10.9. The van der Waals surface area contributed by atoms with Gasteiger partial charge in [-0.3, -0.25) is 9.80 Å². The molecule has 0 unspecified atom stereocenters. The molecule has 0 N–H and O–H groups in total. The van der Waals surface area contributed by atoms with Crippen LogP contribution in [0.25, 0.3) is 11.8 Å². The van der Waals surface area contributed by atoms with Gasteiger partial charge in [0, 0.05) is 32.7 Å². The number of aryl methyl sites for hydroxylation is 2. The van der Waals surface area contributed by atoms with Gasteiger partial charge in [0.05, 0.1) is 11.7 Å². The van der Waals surface area contributed by atoms with Gasteiger partial charge in [-0.2, -0.15) is 4.68 Å². The predicted molar refractivity (Wildman–Crippen MR) is 140 cm³/mol. The molecule has 0 amide bonds. The third-order valence-corrected chi connectivity index (χ3v) is 6.80. The first-order valence-electron chi connectivity index (χ1n) is 12.4. The molecular formula is C29H31FN6. The summed E-state index contributed by atoms with van der Waals surface area (Å²) in [6.45, 7) is 8.51. The van der Waals surface area contributed by atoms with Crippen molar-refractivity contribution in [2.45, 2.75) is 19.9 Å². The van der Waals surface area contributed by atoms with E-state index in [1.807, 2.05) is 22.9 Å². The Morgan fingerprint density at radius 2 is 1.61 bits per heavy atom. The summed E-state index contributed by atoms with van der Waals surface area (Å²) in [6, 6.07) is 23.1. The van der Waals surface area contributed by atoms with Crippen LogP contribution in [-0.4, -0.2) is 62.7 Å². The van der Waals surface area contributed by atoms with Gasteiger partial charge in [-0.1, -0.05) is 72.8 Å². The molecule has 1 saturated heterocycles. The lowest BCUT2D eigenvalue weighted by atomic mass is 10.0. The quantitative estimate of drug-likeness (QED) is 0.377. The molecule has 3 aromatic carbocycles. The zero-order valence-corrected chi connectivity index (χ0v) is 20.8. The molecular weight excluding hydrogens is 451 g/mol. The highest BCUT2D eigenvalue weighted by Crippen LogP contribution is 2.31. The Morgan fingerprint density at radius 3 is 2.33 bits per heavy atom. The van der Waals surface area contributed by atoms with Crippen molar-refractivity contribution >= 4 is 6.08 Å². The molecule has 7 heteroatoms. The molecule has 0 saturated carbocycles. The van der Waals surface area contributed by atoms with E-state index in [9.17, 15) is 4.39 Å². The molecule has 0 spiro atoms. The van der Waals surface area contributed by atoms with E-state index in [0.29, 0.717) is 5.82 Å². The molecule has 2 heterocycles. The largest absolute Gasteiger partial charge is 0.297 e. The Morgan fingerprint density at radius 1 is 0.889 bits per heavy atom. The smallest absolute Gasteiger partial charge is 0.178 e. The molecule has 0 radical (unpaired) electrons. The van der Waals surface area contributed by atoms with Crippen LogP contribution in [0, 0.1) is 19.7 Å². The second-order valence-corrected chi connectivity index (χ2v) is 9.30. The number of para-hydroxylation sites is 1. The van der Waals surface area contributed by atoms with Crippen LogP contribution < -0.4 is 0 Å². The lowest BCUT2D eigenvalue weighted by molar-refractivity contribution is 0.113. The maximum atomic E-state index is 14.3. The average molecular weight is 483 g/mol. The van der Waals surface area contributed by atoms with Crippen LogP contribution in [0.2, 0.25) is 0 Å². The van der Waals surface area contributed by atoms with Crippen molar-refractivity contribution in [2.75, 3.05) is 32.7 Å². The molecule has 36 heavy (non-hydrogen) atoms. The highest BCUT2D eigenvalue weighted by Gasteiger charge is 2.31. The number of piperazine rings is 1. The van der Waals surface area contributed by atoms with Crippen LogP contribution in [0.4, 0.5) is 4.39 Å². The average Bonchev–Trinajstić information content (AvgIpc) is 3.34. The fourth-order valence-electron chi connectivity index (χ4n) is 4.97. The van der Waals surface area contributed by atoms with Gasteiger partial charge in [0.15, 0.2) is 5.82 Å². The predicted octanol–water partition coefficient (Wildman–Crippen LogP) is 4.84. The van der Waals surface area contributed by atoms with E-state index in [2.05, 4.69) is 87.7 Å². The zero-order valence-electron chi connectivity index (χ0n) is 20.8. The van der Waals surface area contributed by atoms with E-state index in [-0.39, 0.29) is 11.9 Å². The van der Waals surface area contributed by atoms with E-state index >= 15 is 0 Å². The number of hydrogen-bond acceptors (Lipinski definition) is 5. The summed E-state index contributed by atoms with van der Waals surface area (Å²) in [5.41, 5.74) is 5.23. The van der Waals surface area contributed by atoms with Crippen LogP contribution in [0.3, 0.4) is 0 Å². The molecule has 0 aliphatic carbocycles. The first kappa shape index (κ1) is 24.0. The van der Waals surface area contributed by atoms with E-state index in [0.717, 1.165) is 55.1 Å². The van der Waals surface area contributed by atoms with Gasteiger partial charge in [-0.15, -0.1) is 5.10 Å². The van der Waals surface area contributed by atoms with Crippen molar-refractivity contribution in [3.63, 3.8) is 0 Å². The van der Waals surface area contributed by atoms with Crippen molar-refractivity contribution in [3.05, 3.63) is 113 Å². The van der Waals surface area contributed by atoms with Crippen molar-refractivity contribution in [1.82, 2.24) is 30.0 Å². The standard InChI is InChI=1S/C29H31FN6/c1-22-9-6-10-23(2)27(22)36-29(31-32-33-36)28(25-14-7-15-26(30)21-25)35-19-17-34(18-20-35)16-8-13-24-11-4-3-5-12-24/h3-15,21,28H,16-20H2,1-2H3/b13-8+/t28-/m0/s1. The maximum Gasteiger partial charge on any atom is 0.178 e. The molecule has 1 fully saturated rings. The molecule has 1 atom stereocenters. The molecule has 1 aromatic heterocycles. The fourth-order valence-corrected chi connectivity index (χ4v) is 4.97. The first-order chi connectivity index (χ1) is 17.6. The minimum atomic E-state index is -0.256. The Hall–Kier alpha value is -3.68. The van der Waals surface area contributed by atoms with Crippen molar-refractivity contribution in [3.8, 4) is 5.69 Å². The van der Waals surface area contributed by atoms with Crippen LogP contribution in [-0.2, 0) is 0 Å². The minimum Gasteiger partial charge on any atom is -0.297 e. The third-order valence-electron chi connectivity index (χ3n) is 6.80. The maximum absolute atomic E-state index is 14.3. The highest BCUT2D eigenvalue weighted by molar-refractivity contribution is 5.49. The summed E-state index contributed by atoms with van der Waals surface area (Å²) in [6.07, 6.45) is 4.39. The molecule has 6 nitrogen and oxygen atoms in total. The van der Waals surface area contributed by atoms with E-state index in [1.54, 1.807) is 12.1 Å². The zero-order chi connectivity index (χ0) is 24.9. The molecule has 1 aliphatic rings. The van der Waals surface area contributed by atoms with Gasteiger partial charge >= 0.3 is 0 Å². The summed E-state index contributed by atoms with van der Waals surface area (Å²) in [4.78, 5) is 4.80. The number of nitrogens with zero attached hydrogens (tertiary/aromatic N) is 6. The van der Waals surface area contributed by atoms with Crippen molar-refractivity contribution < 1.29 is 4.39 Å². The number of hydrogen-bond donors (Lipinski definition) is 0. The van der Waals surface area contributed by atoms with E-state index in [4.69, 9.17) is 0 Å². The molecule has 4 aromatic rings. The second-order valence-electron chi connectivity index (χ2n) is 9.30. The van der Waals surface area contributed by atoms with Gasteiger partial charge in [0.1, 0.15) is 5.82 Å². The first-order valence-corrected chi connectivity index (χ1v) is 12.4. The lowest BCUT2D eigenvalue weighted by Crippen LogP contribution is -2.48. The Bertz CT molecular complexity index is 1300. The number of halogens is 1. The lowest BCUT2D eigenvalue weighted by Gasteiger charge is -2.38. The number of benzene rings is 3. The van der Waals surface area contributed by atoms with Gasteiger partial charge < -0.3 is 0 Å². The Labute approximate surface area is 211 Å². The third kappa shape index (κ3) is 5.27. The Balaban J connectivity index is 1.39. The SMILES string of the molecule is Cc1cccc(C)c1-n1nnnc1[C@H](c1cccc(F)c1)N1CCN(C/C=C/c2ccccc2)CC1. The summed E-state index contributed by atoms with van der Waals surface area (Å²) >= 11 is 0. The van der Waals surface area contributed by atoms with E-state index < -0.39 is 0 Å². The van der Waals surface area contributed by atoms with Gasteiger partial charge in [0.2, 0.25) is 0 Å². The topological polar surface area (TPSA) is 50.1 Å². The van der Waals surface area contributed by atoms with Crippen LogP contribution in [0.5, 0.6) is 0 Å². The highest BCUT2D eigenvalue weighted by atomic mass is 19.1. The number of aromatic nitrogens is 4. The van der Waals surface area contributed by atoms with Crippen molar-refractivity contribution in [1.29, 1.82) is 0 Å². The van der Waals surface area contributed by atoms with Crippen LogP contribution in [0.15, 0.2) is 78.9 Å². The van der Waals surface area contributed by atoms with Gasteiger partial charge in [0.25, 0.3) is 0 Å².